The molecule has 0 aliphatic rings. The standard InChI is InChI=1S/C22H26FN3O/c1-15-11-16(2)19-13-21(24-20(19)12-15)22(27)26(10-9-25(3)4)14-17-5-7-18(23)8-6-17/h5-8,11-13,24H,9-10,14H2,1-4H3. The molecule has 3 rings (SSSR count). The third kappa shape index (κ3) is 4.55. The highest BCUT2D eigenvalue weighted by Crippen LogP contribution is 2.22. The molecule has 1 amide bonds. The van der Waals surface area contributed by atoms with E-state index in [9.17, 15) is 9.18 Å². The van der Waals surface area contributed by atoms with E-state index in [2.05, 4.69) is 24.0 Å². The lowest BCUT2D eigenvalue weighted by atomic mass is 10.1. The Balaban J connectivity index is 1.89. The first-order valence-electron chi connectivity index (χ1n) is 9.12. The Bertz CT molecular complexity index is 944. The van der Waals surface area contributed by atoms with Crippen molar-refractivity contribution in [1.82, 2.24) is 14.8 Å². The highest BCUT2D eigenvalue weighted by atomic mass is 19.1. The summed E-state index contributed by atoms with van der Waals surface area (Å²) in [5.41, 5.74) is 4.78. The summed E-state index contributed by atoms with van der Waals surface area (Å²) in [5, 5.41) is 1.07. The topological polar surface area (TPSA) is 39.3 Å². The first kappa shape index (κ1) is 19.1. The Kier molecular flexibility index (Phi) is 5.61. The van der Waals surface area contributed by atoms with Crippen molar-refractivity contribution in [3.8, 4) is 0 Å². The Hall–Kier alpha value is -2.66. The van der Waals surface area contributed by atoms with E-state index in [1.165, 1.54) is 12.1 Å². The van der Waals surface area contributed by atoms with Gasteiger partial charge in [-0.1, -0.05) is 18.2 Å². The third-order valence-electron chi connectivity index (χ3n) is 4.71. The molecule has 0 bridgehead atoms. The number of carbonyl (C=O) groups excluding carboxylic acids is 1. The molecule has 0 fully saturated rings. The van der Waals surface area contributed by atoms with Crippen LogP contribution in [0.2, 0.25) is 0 Å². The quantitative estimate of drug-likeness (QED) is 0.712. The number of nitrogens with zero attached hydrogens (tertiary/aromatic N) is 2. The number of amides is 1. The molecule has 5 heteroatoms. The fraction of sp³-hybridized carbons (Fsp3) is 0.318. The lowest BCUT2D eigenvalue weighted by Gasteiger charge is -2.24. The van der Waals surface area contributed by atoms with Gasteiger partial charge in [0.25, 0.3) is 5.91 Å². The second-order valence-electron chi connectivity index (χ2n) is 7.38. The maximum absolute atomic E-state index is 13.2. The van der Waals surface area contributed by atoms with Crippen LogP contribution in [0.4, 0.5) is 4.39 Å². The van der Waals surface area contributed by atoms with Crippen molar-refractivity contribution in [1.29, 1.82) is 0 Å². The van der Waals surface area contributed by atoms with Gasteiger partial charge in [-0.2, -0.15) is 0 Å². The Morgan fingerprint density at radius 2 is 1.74 bits per heavy atom. The van der Waals surface area contributed by atoms with E-state index in [-0.39, 0.29) is 11.7 Å². The summed E-state index contributed by atoms with van der Waals surface area (Å²) < 4.78 is 13.2. The first-order valence-corrected chi connectivity index (χ1v) is 9.12. The number of aromatic nitrogens is 1. The van der Waals surface area contributed by atoms with Gasteiger partial charge >= 0.3 is 0 Å². The Labute approximate surface area is 159 Å². The average molecular weight is 367 g/mol. The molecule has 27 heavy (non-hydrogen) atoms. The molecule has 0 aliphatic carbocycles. The molecule has 0 saturated carbocycles. The van der Waals surface area contributed by atoms with Crippen molar-refractivity contribution < 1.29 is 9.18 Å². The maximum atomic E-state index is 13.2. The monoisotopic (exact) mass is 367 g/mol. The molecule has 0 spiro atoms. The van der Waals surface area contributed by atoms with Gasteiger partial charge in [0.2, 0.25) is 0 Å². The van der Waals surface area contributed by atoms with E-state index in [0.717, 1.165) is 34.1 Å². The van der Waals surface area contributed by atoms with Gasteiger partial charge in [0.15, 0.2) is 0 Å². The van der Waals surface area contributed by atoms with Crippen LogP contribution in [0.15, 0.2) is 42.5 Å². The summed E-state index contributed by atoms with van der Waals surface area (Å²) in [6, 6.07) is 12.4. The second-order valence-corrected chi connectivity index (χ2v) is 7.38. The SMILES string of the molecule is Cc1cc(C)c2cc(C(=O)N(CCN(C)C)Cc3ccc(F)cc3)[nH]c2c1. The van der Waals surface area contributed by atoms with Crippen LogP contribution in [-0.2, 0) is 6.54 Å². The second kappa shape index (κ2) is 7.92. The molecule has 1 heterocycles. The number of likely N-dealkylation sites (N-methyl/N-ethyl adjacent to an activating group) is 1. The van der Waals surface area contributed by atoms with Crippen molar-refractivity contribution in [2.24, 2.45) is 0 Å². The summed E-state index contributed by atoms with van der Waals surface area (Å²) in [4.78, 5) is 20.3. The molecular weight excluding hydrogens is 341 g/mol. The molecule has 142 valence electrons. The number of halogens is 1. The van der Waals surface area contributed by atoms with Gasteiger partial charge in [-0.3, -0.25) is 4.79 Å². The van der Waals surface area contributed by atoms with Crippen LogP contribution >= 0.6 is 0 Å². The Morgan fingerprint density at radius 3 is 2.41 bits per heavy atom. The van der Waals surface area contributed by atoms with Crippen molar-refractivity contribution in [2.75, 3.05) is 27.2 Å². The molecule has 1 aromatic heterocycles. The largest absolute Gasteiger partial charge is 0.351 e. The maximum Gasteiger partial charge on any atom is 0.270 e. The number of rotatable bonds is 6. The van der Waals surface area contributed by atoms with Gasteiger partial charge in [0, 0.05) is 30.5 Å². The number of hydrogen-bond donors (Lipinski definition) is 1. The number of benzene rings is 2. The van der Waals surface area contributed by atoms with E-state index in [0.29, 0.717) is 18.8 Å². The minimum absolute atomic E-state index is 0.0468. The molecule has 1 N–H and O–H groups in total. The van der Waals surface area contributed by atoms with E-state index in [4.69, 9.17) is 0 Å². The van der Waals surface area contributed by atoms with Crippen LogP contribution in [0.25, 0.3) is 10.9 Å². The fourth-order valence-electron chi connectivity index (χ4n) is 3.27. The number of aromatic amines is 1. The fourth-order valence-corrected chi connectivity index (χ4v) is 3.27. The molecule has 0 aliphatic heterocycles. The van der Waals surface area contributed by atoms with E-state index < -0.39 is 0 Å². The summed E-state index contributed by atoms with van der Waals surface area (Å²) in [6.45, 7) is 5.90. The van der Waals surface area contributed by atoms with Crippen LogP contribution in [-0.4, -0.2) is 47.9 Å². The van der Waals surface area contributed by atoms with Crippen molar-refractivity contribution in [2.45, 2.75) is 20.4 Å². The van der Waals surface area contributed by atoms with Crippen molar-refractivity contribution in [3.05, 3.63) is 70.7 Å². The highest BCUT2D eigenvalue weighted by Gasteiger charge is 2.19. The van der Waals surface area contributed by atoms with Gasteiger partial charge in [0.1, 0.15) is 11.5 Å². The molecule has 4 nitrogen and oxygen atoms in total. The zero-order valence-electron chi connectivity index (χ0n) is 16.3. The van der Waals surface area contributed by atoms with Crippen molar-refractivity contribution in [3.63, 3.8) is 0 Å². The van der Waals surface area contributed by atoms with Gasteiger partial charge in [-0.05, 0) is 68.9 Å². The number of aryl methyl sites for hydroxylation is 2. The number of nitrogens with one attached hydrogen (secondary N) is 1. The Morgan fingerprint density at radius 1 is 1.04 bits per heavy atom. The average Bonchev–Trinajstić information content (AvgIpc) is 3.04. The summed E-state index contributed by atoms with van der Waals surface area (Å²) >= 11 is 0. The number of fused-ring (bicyclic) bond motifs is 1. The minimum Gasteiger partial charge on any atom is -0.351 e. The van der Waals surface area contributed by atoms with Gasteiger partial charge in [0.05, 0.1) is 0 Å². The number of H-pyrrole nitrogens is 1. The molecular formula is C22H26FN3O. The lowest BCUT2D eigenvalue weighted by molar-refractivity contribution is 0.0727. The zero-order valence-corrected chi connectivity index (χ0v) is 16.3. The highest BCUT2D eigenvalue weighted by molar-refractivity contribution is 5.99. The molecule has 2 aromatic carbocycles. The van der Waals surface area contributed by atoms with Crippen LogP contribution in [0.5, 0.6) is 0 Å². The molecule has 0 saturated heterocycles. The van der Waals surface area contributed by atoms with Gasteiger partial charge in [-0.25, -0.2) is 4.39 Å². The smallest absolute Gasteiger partial charge is 0.270 e. The normalized spacial score (nSPS) is 11.3. The van der Waals surface area contributed by atoms with Crippen molar-refractivity contribution >= 4 is 16.8 Å². The predicted molar refractivity (Wildman–Crippen MR) is 107 cm³/mol. The predicted octanol–water partition coefficient (Wildman–Crippen LogP) is 4.13. The zero-order chi connectivity index (χ0) is 19.6. The summed E-state index contributed by atoms with van der Waals surface area (Å²) in [6.07, 6.45) is 0. The first-order chi connectivity index (χ1) is 12.8. The van der Waals surface area contributed by atoms with Gasteiger partial charge < -0.3 is 14.8 Å². The van der Waals surface area contributed by atoms with Crippen LogP contribution in [0.1, 0.15) is 27.2 Å². The molecule has 0 atom stereocenters. The number of carbonyl (C=O) groups is 1. The van der Waals surface area contributed by atoms with Gasteiger partial charge in [-0.15, -0.1) is 0 Å². The van der Waals surface area contributed by atoms with Crippen LogP contribution in [0.3, 0.4) is 0 Å². The lowest BCUT2D eigenvalue weighted by Crippen LogP contribution is -2.36. The summed E-state index contributed by atoms with van der Waals surface area (Å²) in [5.74, 6) is -0.319. The van der Waals surface area contributed by atoms with E-state index >= 15 is 0 Å². The third-order valence-corrected chi connectivity index (χ3v) is 4.71. The summed E-state index contributed by atoms with van der Waals surface area (Å²) in [7, 11) is 3.96. The van der Waals surface area contributed by atoms with E-state index in [1.807, 2.05) is 32.0 Å². The minimum atomic E-state index is -0.272. The van der Waals surface area contributed by atoms with Crippen LogP contribution in [0, 0.1) is 19.7 Å². The van der Waals surface area contributed by atoms with Crippen LogP contribution < -0.4 is 0 Å². The molecule has 3 aromatic rings. The molecule has 0 unspecified atom stereocenters. The van der Waals surface area contributed by atoms with E-state index in [1.54, 1.807) is 17.0 Å². The number of hydrogen-bond acceptors (Lipinski definition) is 2. The molecule has 0 radical (unpaired) electrons.